The second-order valence-corrected chi connectivity index (χ2v) is 6.32. The molecule has 0 saturated heterocycles. The number of hydrogen-bond acceptors (Lipinski definition) is 3. The van der Waals surface area contributed by atoms with E-state index in [4.69, 9.17) is 5.21 Å². The highest BCUT2D eigenvalue weighted by Gasteiger charge is 2.68. The van der Waals surface area contributed by atoms with Gasteiger partial charge in [-0.25, -0.2) is 10.3 Å². The highest BCUT2D eigenvalue weighted by molar-refractivity contribution is 5.94. The summed E-state index contributed by atoms with van der Waals surface area (Å²) in [7, 11) is 0. The Morgan fingerprint density at radius 3 is 2.29 bits per heavy atom. The van der Waals surface area contributed by atoms with E-state index < -0.39 is 23.1 Å². The molecule has 0 heterocycles. The molecule has 1 aliphatic rings. The van der Waals surface area contributed by atoms with Gasteiger partial charge in [-0.2, -0.15) is 0 Å². The molecule has 2 atom stereocenters. The maximum absolute atomic E-state index is 12.2. The lowest BCUT2D eigenvalue weighted by atomic mass is 9.97. The number of amides is 2. The van der Waals surface area contributed by atoms with Crippen LogP contribution in [0.25, 0.3) is 0 Å². The van der Waals surface area contributed by atoms with Gasteiger partial charge in [0.05, 0.1) is 0 Å². The number of carbonyl (C=O) groups is 2. The normalized spacial score (nSPS) is 24.3. The summed E-state index contributed by atoms with van der Waals surface area (Å²) in [5.74, 6) is -0.949. The van der Waals surface area contributed by atoms with Crippen molar-refractivity contribution in [1.82, 2.24) is 10.4 Å². The molecular formula is C15H20N2O4. The molecule has 0 aromatic heterocycles. The quantitative estimate of drug-likeness (QED) is 0.588. The third kappa shape index (κ3) is 2.47. The Bertz CT molecular complexity index is 553. The summed E-state index contributed by atoms with van der Waals surface area (Å²) in [4.78, 5) is 25.0. The van der Waals surface area contributed by atoms with Crippen LogP contribution in [0.3, 0.4) is 0 Å². The van der Waals surface area contributed by atoms with Crippen LogP contribution in [-0.4, -0.2) is 38.3 Å². The average Bonchev–Trinajstić information content (AvgIpc) is 3.13. The largest absolute Gasteiger partial charge is 0.465 e. The first-order valence-corrected chi connectivity index (χ1v) is 6.78. The summed E-state index contributed by atoms with van der Waals surface area (Å²) in [5, 5.41) is 18.6. The maximum Gasteiger partial charge on any atom is 0.408 e. The van der Waals surface area contributed by atoms with Crippen LogP contribution in [0.1, 0.15) is 38.7 Å². The molecule has 114 valence electrons. The molecule has 1 fully saturated rings. The molecule has 0 spiro atoms. The van der Waals surface area contributed by atoms with Crippen molar-refractivity contribution in [2.75, 3.05) is 0 Å². The molecule has 0 unspecified atom stereocenters. The third-order valence-electron chi connectivity index (χ3n) is 3.89. The first-order chi connectivity index (χ1) is 9.75. The van der Waals surface area contributed by atoms with Crippen LogP contribution in [0.5, 0.6) is 0 Å². The highest BCUT2D eigenvalue weighted by Crippen LogP contribution is 2.57. The molecule has 21 heavy (non-hydrogen) atoms. The van der Waals surface area contributed by atoms with Gasteiger partial charge in [0.25, 0.3) is 5.91 Å². The fourth-order valence-corrected chi connectivity index (χ4v) is 3.08. The van der Waals surface area contributed by atoms with Gasteiger partial charge in [0.15, 0.2) is 0 Å². The van der Waals surface area contributed by atoms with Crippen LogP contribution < -0.4 is 5.48 Å². The van der Waals surface area contributed by atoms with E-state index >= 15 is 0 Å². The van der Waals surface area contributed by atoms with E-state index in [9.17, 15) is 14.7 Å². The molecule has 6 heteroatoms. The SMILES string of the molecule is CC(C)(C)N(C(=O)O)[C@@]1(C(=O)NO)C[C@H]1c1ccccc1. The second kappa shape index (κ2) is 5.04. The van der Waals surface area contributed by atoms with E-state index in [-0.39, 0.29) is 5.92 Å². The van der Waals surface area contributed by atoms with Crippen LogP contribution in [0, 0.1) is 0 Å². The van der Waals surface area contributed by atoms with E-state index in [1.807, 2.05) is 30.3 Å². The molecular weight excluding hydrogens is 272 g/mol. The lowest BCUT2D eigenvalue weighted by molar-refractivity contribution is -0.138. The molecule has 3 N–H and O–H groups in total. The van der Waals surface area contributed by atoms with Gasteiger partial charge in [-0.1, -0.05) is 30.3 Å². The topological polar surface area (TPSA) is 89.9 Å². The zero-order chi connectivity index (χ0) is 15.8. The summed E-state index contributed by atoms with van der Waals surface area (Å²) in [6.07, 6.45) is -0.822. The summed E-state index contributed by atoms with van der Waals surface area (Å²) < 4.78 is 0. The summed E-state index contributed by atoms with van der Waals surface area (Å²) in [6, 6.07) is 9.27. The molecule has 0 bridgehead atoms. The molecule has 2 amide bonds. The Balaban J connectivity index is 2.46. The maximum atomic E-state index is 12.2. The molecule has 2 rings (SSSR count). The Kier molecular flexibility index (Phi) is 3.67. The van der Waals surface area contributed by atoms with Crippen LogP contribution in [0.15, 0.2) is 30.3 Å². The van der Waals surface area contributed by atoms with E-state index in [0.717, 1.165) is 10.5 Å². The zero-order valence-electron chi connectivity index (χ0n) is 12.3. The minimum Gasteiger partial charge on any atom is -0.465 e. The Hall–Kier alpha value is -2.08. The zero-order valence-corrected chi connectivity index (χ0v) is 12.3. The van der Waals surface area contributed by atoms with Crippen molar-refractivity contribution in [3.8, 4) is 0 Å². The van der Waals surface area contributed by atoms with Gasteiger partial charge >= 0.3 is 6.09 Å². The van der Waals surface area contributed by atoms with Gasteiger partial charge in [0.2, 0.25) is 0 Å². The van der Waals surface area contributed by atoms with Crippen LogP contribution >= 0.6 is 0 Å². The van der Waals surface area contributed by atoms with Crippen molar-refractivity contribution in [2.24, 2.45) is 0 Å². The van der Waals surface area contributed by atoms with Crippen molar-refractivity contribution in [2.45, 2.75) is 44.2 Å². The van der Waals surface area contributed by atoms with E-state index in [1.54, 1.807) is 26.3 Å². The fraction of sp³-hybridized carbons (Fsp3) is 0.467. The molecule has 6 nitrogen and oxygen atoms in total. The summed E-state index contributed by atoms with van der Waals surface area (Å²) in [6.45, 7) is 5.19. The molecule has 1 aromatic rings. The van der Waals surface area contributed by atoms with Crippen LogP contribution in [0.2, 0.25) is 0 Å². The molecule has 1 aromatic carbocycles. The van der Waals surface area contributed by atoms with Gasteiger partial charge in [0.1, 0.15) is 5.54 Å². The monoisotopic (exact) mass is 292 g/mol. The van der Waals surface area contributed by atoms with Crippen molar-refractivity contribution >= 4 is 12.0 Å². The second-order valence-electron chi connectivity index (χ2n) is 6.32. The number of nitrogens with zero attached hydrogens (tertiary/aromatic N) is 1. The molecule has 0 radical (unpaired) electrons. The van der Waals surface area contributed by atoms with Gasteiger partial charge in [-0.15, -0.1) is 0 Å². The molecule has 1 aliphatic carbocycles. The minimum atomic E-state index is -1.26. The van der Waals surface area contributed by atoms with Crippen LogP contribution in [0.4, 0.5) is 4.79 Å². The number of nitrogens with one attached hydrogen (secondary N) is 1. The Morgan fingerprint density at radius 2 is 1.86 bits per heavy atom. The van der Waals surface area contributed by atoms with Crippen molar-refractivity contribution < 1.29 is 19.9 Å². The van der Waals surface area contributed by atoms with Gasteiger partial charge < -0.3 is 5.11 Å². The average molecular weight is 292 g/mol. The van der Waals surface area contributed by atoms with E-state index in [2.05, 4.69) is 0 Å². The van der Waals surface area contributed by atoms with Crippen molar-refractivity contribution in [1.29, 1.82) is 0 Å². The fourth-order valence-electron chi connectivity index (χ4n) is 3.08. The number of carboxylic acid groups (broad SMARTS) is 1. The number of hydrogen-bond donors (Lipinski definition) is 3. The lowest BCUT2D eigenvalue weighted by Crippen LogP contribution is -2.59. The summed E-state index contributed by atoms with van der Waals surface area (Å²) in [5.41, 5.74) is 0.491. The van der Waals surface area contributed by atoms with E-state index in [0.29, 0.717) is 6.42 Å². The Morgan fingerprint density at radius 1 is 1.29 bits per heavy atom. The highest BCUT2D eigenvalue weighted by atomic mass is 16.5. The van der Waals surface area contributed by atoms with Crippen molar-refractivity contribution in [3.05, 3.63) is 35.9 Å². The number of hydroxylamine groups is 1. The smallest absolute Gasteiger partial charge is 0.408 e. The molecule has 0 aliphatic heterocycles. The number of carbonyl (C=O) groups excluding carboxylic acids is 1. The van der Waals surface area contributed by atoms with Gasteiger partial charge in [0, 0.05) is 11.5 Å². The van der Waals surface area contributed by atoms with Crippen molar-refractivity contribution in [3.63, 3.8) is 0 Å². The first kappa shape index (κ1) is 15.3. The number of rotatable bonds is 3. The summed E-state index contributed by atoms with van der Waals surface area (Å²) >= 11 is 0. The van der Waals surface area contributed by atoms with Gasteiger partial charge in [-0.05, 0) is 32.8 Å². The third-order valence-corrected chi connectivity index (χ3v) is 3.89. The standard InChI is InChI=1S/C15H20N2O4/c1-14(2,3)17(13(19)20)15(12(18)16-21)9-11(15)10-7-5-4-6-8-10/h4-8,11,21H,9H2,1-3H3,(H,16,18)(H,19,20)/t11-,15-/m0/s1. The lowest BCUT2D eigenvalue weighted by Gasteiger charge is -2.39. The van der Waals surface area contributed by atoms with Crippen LogP contribution in [-0.2, 0) is 4.79 Å². The van der Waals surface area contributed by atoms with E-state index in [1.165, 1.54) is 0 Å². The Labute approximate surface area is 123 Å². The molecule has 1 saturated carbocycles. The minimum absolute atomic E-state index is 0.263. The predicted octanol–water partition coefficient (Wildman–Crippen LogP) is 2.20. The first-order valence-electron chi connectivity index (χ1n) is 6.78. The van der Waals surface area contributed by atoms with Gasteiger partial charge in [-0.3, -0.25) is 14.9 Å². The predicted molar refractivity (Wildman–Crippen MR) is 76.1 cm³/mol. The number of benzene rings is 1.